The van der Waals surface area contributed by atoms with E-state index in [1.165, 1.54) is 41.3 Å². The molecule has 0 radical (unpaired) electrons. The first-order valence-electron chi connectivity index (χ1n) is 7.94. The van der Waals surface area contributed by atoms with Crippen LogP contribution in [0.1, 0.15) is 22.3 Å². The molecule has 3 rings (SSSR count). The molecule has 27 heavy (non-hydrogen) atoms. The Morgan fingerprint density at radius 1 is 1.19 bits per heavy atom. The molecule has 0 unspecified atom stereocenters. The van der Waals surface area contributed by atoms with E-state index in [4.69, 9.17) is 0 Å². The molecule has 138 valence electrons. The van der Waals surface area contributed by atoms with Crippen molar-refractivity contribution in [3.05, 3.63) is 65.0 Å². The summed E-state index contributed by atoms with van der Waals surface area (Å²) in [6, 6.07) is 9.85. The van der Waals surface area contributed by atoms with Gasteiger partial charge >= 0.3 is 0 Å². The van der Waals surface area contributed by atoms with Crippen LogP contribution in [0.4, 0.5) is 10.2 Å². The number of benzene rings is 1. The number of anilines is 1. The molecule has 1 N–H and O–H groups in total. The maximum atomic E-state index is 12.8. The van der Waals surface area contributed by atoms with E-state index in [1.807, 2.05) is 12.1 Å². The Morgan fingerprint density at radius 3 is 2.44 bits per heavy atom. The van der Waals surface area contributed by atoms with Crippen molar-refractivity contribution < 1.29 is 12.8 Å². The molecule has 2 heterocycles. The summed E-state index contributed by atoms with van der Waals surface area (Å²) in [5.74, 6) is 0.226. The summed E-state index contributed by atoms with van der Waals surface area (Å²) in [5.41, 5.74) is 2.02. The van der Waals surface area contributed by atoms with Crippen molar-refractivity contribution in [2.24, 2.45) is 0 Å². The second kappa shape index (κ2) is 7.17. The molecule has 0 saturated carbocycles. The average Bonchev–Trinajstić information content (AvgIpc) is 3.03. The fourth-order valence-electron chi connectivity index (χ4n) is 2.60. The number of aromatic nitrogens is 3. The van der Waals surface area contributed by atoms with Crippen LogP contribution in [0.15, 0.2) is 47.6 Å². The number of nitrogens with one attached hydrogen (secondary N) is 1. The topological polar surface area (TPSA) is 101 Å². The molecular weight excluding hydrogens is 369 g/mol. The summed E-state index contributed by atoms with van der Waals surface area (Å²) in [6.07, 6.45) is 2.56. The van der Waals surface area contributed by atoms with Crippen molar-refractivity contribution in [3.8, 4) is 11.9 Å². The Bertz CT molecular complexity index is 1110. The van der Waals surface area contributed by atoms with Crippen molar-refractivity contribution in [1.82, 2.24) is 14.8 Å². The minimum atomic E-state index is -3.95. The first-order valence-corrected chi connectivity index (χ1v) is 9.43. The molecule has 0 atom stereocenters. The second-order valence-corrected chi connectivity index (χ2v) is 7.70. The first kappa shape index (κ1) is 18.5. The van der Waals surface area contributed by atoms with Crippen molar-refractivity contribution >= 4 is 15.8 Å². The number of sulfonamides is 1. The SMILES string of the molecule is Cc1cc(C)cc(S(=O)(=O)Nc2c(C#N)cnn2-c2ccc(CF)cn2)c1. The first-order chi connectivity index (χ1) is 12.8. The predicted octanol–water partition coefficient (Wildman–Crippen LogP) is 3.03. The summed E-state index contributed by atoms with van der Waals surface area (Å²) >= 11 is 0. The quantitative estimate of drug-likeness (QED) is 0.727. The highest BCUT2D eigenvalue weighted by molar-refractivity contribution is 7.92. The molecule has 0 aliphatic rings. The lowest BCUT2D eigenvalue weighted by molar-refractivity contribution is 0.484. The third kappa shape index (κ3) is 3.80. The number of pyridine rings is 1. The molecule has 0 bridgehead atoms. The van der Waals surface area contributed by atoms with Gasteiger partial charge in [-0.3, -0.25) is 4.72 Å². The van der Waals surface area contributed by atoms with E-state index in [1.54, 1.807) is 13.8 Å². The van der Waals surface area contributed by atoms with Crippen LogP contribution >= 0.6 is 0 Å². The average molecular weight is 385 g/mol. The minimum Gasteiger partial charge on any atom is -0.262 e. The number of hydrogen-bond donors (Lipinski definition) is 1. The van der Waals surface area contributed by atoms with E-state index in [2.05, 4.69) is 14.8 Å². The summed E-state index contributed by atoms with van der Waals surface area (Å²) in [5, 5.41) is 13.3. The molecule has 1 aromatic carbocycles. The molecule has 0 aliphatic heterocycles. The second-order valence-electron chi connectivity index (χ2n) is 6.02. The zero-order valence-corrected chi connectivity index (χ0v) is 15.5. The van der Waals surface area contributed by atoms with Gasteiger partial charge in [-0.05, 0) is 43.2 Å². The van der Waals surface area contributed by atoms with Crippen LogP contribution in [0, 0.1) is 25.2 Å². The smallest absolute Gasteiger partial charge is 0.262 e. The zero-order valence-electron chi connectivity index (χ0n) is 14.6. The van der Waals surface area contributed by atoms with Gasteiger partial charge in [-0.1, -0.05) is 12.1 Å². The van der Waals surface area contributed by atoms with Gasteiger partial charge in [-0.2, -0.15) is 15.0 Å². The highest BCUT2D eigenvalue weighted by Gasteiger charge is 2.21. The summed E-state index contributed by atoms with van der Waals surface area (Å²) in [7, 11) is -3.95. The third-order valence-corrected chi connectivity index (χ3v) is 5.13. The number of rotatable bonds is 5. The third-order valence-electron chi connectivity index (χ3n) is 3.81. The van der Waals surface area contributed by atoms with E-state index in [-0.39, 0.29) is 22.1 Å². The molecule has 0 aliphatic carbocycles. The largest absolute Gasteiger partial charge is 0.263 e. The lowest BCUT2D eigenvalue weighted by Crippen LogP contribution is -2.17. The standard InChI is InChI=1S/C18H16FN5O2S/c1-12-5-13(2)7-16(6-12)27(25,26)23-18-15(9-20)11-22-24(18)17-4-3-14(8-19)10-21-17/h3-7,10-11,23H,8H2,1-2H3. The van der Waals surface area contributed by atoms with Gasteiger partial charge in [0.2, 0.25) is 0 Å². The minimum absolute atomic E-state index is 0.0304. The lowest BCUT2D eigenvalue weighted by atomic mass is 10.2. The van der Waals surface area contributed by atoms with Crippen molar-refractivity contribution in [2.75, 3.05) is 4.72 Å². The van der Waals surface area contributed by atoms with Gasteiger partial charge < -0.3 is 0 Å². The van der Waals surface area contributed by atoms with Gasteiger partial charge in [0.05, 0.1) is 11.1 Å². The van der Waals surface area contributed by atoms with E-state index in [0.717, 1.165) is 11.1 Å². The van der Waals surface area contributed by atoms with Crippen molar-refractivity contribution in [3.63, 3.8) is 0 Å². The van der Waals surface area contributed by atoms with Crippen LogP contribution < -0.4 is 4.72 Å². The molecule has 2 aromatic heterocycles. The highest BCUT2D eigenvalue weighted by Crippen LogP contribution is 2.23. The molecule has 3 aromatic rings. The molecule has 0 spiro atoms. The fourth-order valence-corrected chi connectivity index (χ4v) is 3.85. The van der Waals surface area contributed by atoms with E-state index in [0.29, 0.717) is 5.56 Å². The van der Waals surface area contributed by atoms with Gasteiger partial charge in [0.15, 0.2) is 11.6 Å². The lowest BCUT2D eigenvalue weighted by Gasteiger charge is -2.12. The Labute approximate surface area is 156 Å². The van der Waals surface area contributed by atoms with Gasteiger partial charge in [0.25, 0.3) is 10.0 Å². The number of nitriles is 1. The van der Waals surface area contributed by atoms with Crippen LogP contribution in [0.5, 0.6) is 0 Å². The van der Waals surface area contributed by atoms with Crippen LogP contribution in [0.25, 0.3) is 5.82 Å². The van der Waals surface area contributed by atoms with Crippen molar-refractivity contribution in [2.45, 2.75) is 25.4 Å². The van der Waals surface area contributed by atoms with E-state index < -0.39 is 16.7 Å². The number of aryl methyl sites for hydroxylation is 2. The Kier molecular flexibility index (Phi) is 4.92. The van der Waals surface area contributed by atoms with Gasteiger partial charge in [0.1, 0.15) is 18.3 Å². The molecule has 0 amide bonds. The maximum Gasteiger partial charge on any atom is 0.263 e. The Balaban J connectivity index is 2.06. The fraction of sp³-hybridized carbons (Fsp3) is 0.167. The van der Waals surface area contributed by atoms with Crippen molar-refractivity contribution in [1.29, 1.82) is 5.26 Å². The highest BCUT2D eigenvalue weighted by atomic mass is 32.2. The van der Waals surface area contributed by atoms with Gasteiger partial charge in [0, 0.05) is 11.8 Å². The molecule has 0 fully saturated rings. The van der Waals surface area contributed by atoms with Crippen LogP contribution in [-0.4, -0.2) is 23.2 Å². The monoisotopic (exact) mass is 385 g/mol. The molecule has 7 nitrogen and oxygen atoms in total. The van der Waals surface area contributed by atoms with Crippen LogP contribution in [-0.2, 0) is 16.7 Å². The predicted molar refractivity (Wildman–Crippen MR) is 97.6 cm³/mol. The number of alkyl halides is 1. The van der Waals surface area contributed by atoms with Crippen LogP contribution in [0.3, 0.4) is 0 Å². The Morgan fingerprint density at radius 2 is 1.89 bits per heavy atom. The zero-order chi connectivity index (χ0) is 19.6. The normalized spacial score (nSPS) is 11.2. The van der Waals surface area contributed by atoms with E-state index in [9.17, 15) is 18.1 Å². The van der Waals surface area contributed by atoms with E-state index >= 15 is 0 Å². The number of halogens is 1. The Hall–Kier alpha value is -3.25. The number of nitrogens with zero attached hydrogens (tertiary/aromatic N) is 4. The van der Waals surface area contributed by atoms with Crippen LogP contribution in [0.2, 0.25) is 0 Å². The number of hydrogen-bond acceptors (Lipinski definition) is 5. The molecule has 9 heteroatoms. The summed E-state index contributed by atoms with van der Waals surface area (Å²) in [6.45, 7) is 2.93. The van der Waals surface area contributed by atoms with Gasteiger partial charge in [-0.15, -0.1) is 0 Å². The summed E-state index contributed by atoms with van der Waals surface area (Å²) in [4.78, 5) is 4.16. The molecule has 0 saturated heterocycles. The maximum absolute atomic E-state index is 12.8. The molecular formula is C18H16FN5O2S. The van der Waals surface area contributed by atoms with Gasteiger partial charge in [-0.25, -0.2) is 17.8 Å². The summed E-state index contributed by atoms with van der Waals surface area (Å²) < 4.78 is 41.9.